The number of fused-ring (bicyclic) bond motifs is 2. The SMILES string of the molecule is C[C@@H]1C[C@]2(CCN1Cc1cn(CC(O)C(C)(C)O)nn1)OCCc1cc(Cl)sc12. The van der Waals surface area contributed by atoms with Gasteiger partial charge in [-0.15, -0.1) is 16.4 Å². The number of thiophene rings is 1. The van der Waals surface area contributed by atoms with Crippen molar-refractivity contribution in [1.29, 1.82) is 0 Å². The highest BCUT2D eigenvalue weighted by Crippen LogP contribution is 2.48. The van der Waals surface area contributed by atoms with E-state index in [1.807, 2.05) is 6.20 Å². The van der Waals surface area contributed by atoms with Crippen LogP contribution in [-0.4, -0.2) is 61.0 Å². The molecule has 29 heavy (non-hydrogen) atoms. The van der Waals surface area contributed by atoms with E-state index in [0.717, 1.165) is 42.4 Å². The van der Waals surface area contributed by atoms with E-state index in [1.54, 1.807) is 29.9 Å². The normalized spacial score (nSPS) is 26.6. The Morgan fingerprint density at radius 2 is 2.28 bits per heavy atom. The number of hydrogen-bond donors (Lipinski definition) is 2. The Hall–Kier alpha value is -1.03. The van der Waals surface area contributed by atoms with E-state index in [9.17, 15) is 10.2 Å². The highest BCUT2D eigenvalue weighted by atomic mass is 35.5. The molecule has 3 atom stereocenters. The Bertz CT molecular complexity index is 864. The summed E-state index contributed by atoms with van der Waals surface area (Å²) in [7, 11) is 0. The quantitative estimate of drug-likeness (QED) is 0.743. The maximum absolute atomic E-state index is 10.1. The summed E-state index contributed by atoms with van der Waals surface area (Å²) in [5.41, 5.74) is 0.821. The van der Waals surface area contributed by atoms with Gasteiger partial charge in [0.05, 0.1) is 28.8 Å². The van der Waals surface area contributed by atoms with Crippen molar-refractivity contribution in [3.05, 3.63) is 32.7 Å². The van der Waals surface area contributed by atoms with E-state index >= 15 is 0 Å². The first-order valence-electron chi connectivity index (χ1n) is 10.1. The molecule has 1 unspecified atom stereocenters. The molecular formula is C20H29ClN4O3S. The third kappa shape index (κ3) is 4.38. The number of aliphatic hydroxyl groups is 2. The molecule has 2 aliphatic rings. The van der Waals surface area contributed by atoms with Gasteiger partial charge in [0.25, 0.3) is 0 Å². The zero-order chi connectivity index (χ0) is 20.8. The van der Waals surface area contributed by atoms with Gasteiger partial charge in [-0.1, -0.05) is 16.8 Å². The Labute approximate surface area is 180 Å². The molecule has 2 aromatic rings. The van der Waals surface area contributed by atoms with E-state index in [2.05, 4.69) is 28.2 Å². The van der Waals surface area contributed by atoms with Gasteiger partial charge in [0.2, 0.25) is 0 Å². The molecule has 4 heterocycles. The molecule has 0 radical (unpaired) electrons. The summed E-state index contributed by atoms with van der Waals surface area (Å²) >= 11 is 7.96. The van der Waals surface area contributed by atoms with Gasteiger partial charge in [-0.25, -0.2) is 4.68 Å². The number of piperidine rings is 1. The predicted molar refractivity (Wildman–Crippen MR) is 112 cm³/mol. The summed E-state index contributed by atoms with van der Waals surface area (Å²) in [5, 5.41) is 28.3. The lowest BCUT2D eigenvalue weighted by Crippen LogP contribution is -2.50. The van der Waals surface area contributed by atoms with E-state index in [0.29, 0.717) is 12.6 Å². The number of aromatic nitrogens is 3. The average Bonchev–Trinajstić information content (AvgIpc) is 3.23. The van der Waals surface area contributed by atoms with Crippen LogP contribution in [0.2, 0.25) is 4.34 Å². The molecule has 2 N–H and O–H groups in total. The van der Waals surface area contributed by atoms with Gasteiger partial charge in [0, 0.05) is 30.2 Å². The topological polar surface area (TPSA) is 83.6 Å². The zero-order valence-electron chi connectivity index (χ0n) is 17.1. The minimum absolute atomic E-state index is 0.213. The maximum atomic E-state index is 10.1. The Balaban J connectivity index is 1.41. The first kappa shape index (κ1) is 21.2. The zero-order valence-corrected chi connectivity index (χ0v) is 18.7. The van der Waals surface area contributed by atoms with Crippen LogP contribution in [0.1, 0.15) is 49.7 Å². The maximum Gasteiger partial charge on any atom is 0.105 e. The Morgan fingerprint density at radius 3 is 3.00 bits per heavy atom. The second kappa shape index (κ2) is 7.90. The summed E-state index contributed by atoms with van der Waals surface area (Å²) in [6.45, 7) is 7.98. The van der Waals surface area contributed by atoms with Crippen molar-refractivity contribution >= 4 is 22.9 Å². The van der Waals surface area contributed by atoms with Crippen LogP contribution < -0.4 is 0 Å². The standard InChI is InChI=1S/C20H29ClN4O3S/c1-13-9-20(18-14(4-7-28-20)8-17(21)29-18)5-6-24(13)10-15-11-25(23-22-15)12-16(26)19(2,3)27/h8,11,13,16,26-27H,4-7,9-10,12H2,1-3H3/t13-,16?,20+/m1/s1. The van der Waals surface area contributed by atoms with Crippen LogP contribution in [0.15, 0.2) is 12.3 Å². The molecular weight excluding hydrogens is 412 g/mol. The molecule has 9 heteroatoms. The fourth-order valence-electron chi connectivity index (χ4n) is 4.32. The van der Waals surface area contributed by atoms with Crippen molar-refractivity contribution in [2.45, 2.75) is 76.5 Å². The van der Waals surface area contributed by atoms with Crippen molar-refractivity contribution in [2.24, 2.45) is 0 Å². The first-order chi connectivity index (χ1) is 13.7. The van der Waals surface area contributed by atoms with Crippen molar-refractivity contribution in [2.75, 3.05) is 13.2 Å². The minimum atomic E-state index is -1.18. The van der Waals surface area contributed by atoms with Crippen molar-refractivity contribution in [3.63, 3.8) is 0 Å². The molecule has 0 bridgehead atoms. The summed E-state index contributed by atoms with van der Waals surface area (Å²) in [4.78, 5) is 3.71. The third-order valence-electron chi connectivity index (χ3n) is 6.12. The van der Waals surface area contributed by atoms with Crippen LogP contribution in [-0.2, 0) is 29.8 Å². The van der Waals surface area contributed by atoms with Gasteiger partial charge in [0.15, 0.2) is 0 Å². The molecule has 1 spiro atoms. The van der Waals surface area contributed by atoms with Crippen LogP contribution in [0, 0.1) is 0 Å². The van der Waals surface area contributed by atoms with Gasteiger partial charge in [-0.05, 0) is 51.7 Å². The largest absolute Gasteiger partial charge is 0.388 e. The predicted octanol–water partition coefficient (Wildman–Crippen LogP) is 2.58. The highest BCUT2D eigenvalue weighted by Gasteiger charge is 2.44. The molecule has 0 aliphatic carbocycles. The van der Waals surface area contributed by atoms with Gasteiger partial charge >= 0.3 is 0 Å². The fraction of sp³-hybridized carbons (Fsp3) is 0.700. The molecule has 1 saturated heterocycles. The molecule has 7 nitrogen and oxygen atoms in total. The molecule has 0 saturated carbocycles. The minimum Gasteiger partial charge on any atom is -0.388 e. The average molecular weight is 441 g/mol. The summed E-state index contributed by atoms with van der Waals surface area (Å²) < 4.78 is 8.78. The van der Waals surface area contributed by atoms with Gasteiger partial charge in [-0.2, -0.15) is 0 Å². The van der Waals surface area contributed by atoms with E-state index in [1.165, 1.54) is 10.4 Å². The van der Waals surface area contributed by atoms with Crippen molar-refractivity contribution in [1.82, 2.24) is 19.9 Å². The van der Waals surface area contributed by atoms with Crippen molar-refractivity contribution in [3.8, 4) is 0 Å². The van der Waals surface area contributed by atoms with Crippen LogP contribution >= 0.6 is 22.9 Å². The van der Waals surface area contributed by atoms with Crippen LogP contribution in [0.25, 0.3) is 0 Å². The summed E-state index contributed by atoms with van der Waals surface area (Å²) in [5.74, 6) is 0. The summed E-state index contributed by atoms with van der Waals surface area (Å²) in [6.07, 6.45) is 3.76. The number of hydrogen-bond acceptors (Lipinski definition) is 7. The second-order valence-electron chi connectivity index (χ2n) is 8.87. The van der Waals surface area contributed by atoms with Crippen LogP contribution in [0.5, 0.6) is 0 Å². The first-order valence-corrected chi connectivity index (χ1v) is 11.3. The second-order valence-corrected chi connectivity index (χ2v) is 10.6. The lowest BCUT2D eigenvalue weighted by molar-refractivity contribution is -0.110. The molecule has 0 aromatic carbocycles. The molecule has 4 rings (SSSR count). The number of likely N-dealkylation sites (tertiary alicyclic amines) is 1. The van der Waals surface area contributed by atoms with Crippen molar-refractivity contribution < 1.29 is 14.9 Å². The number of halogens is 1. The Morgan fingerprint density at radius 1 is 1.48 bits per heavy atom. The number of ether oxygens (including phenoxy) is 1. The third-order valence-corrected chi connectivity index (χ3v) is 7.61. The lowest BCUT2D eigenvalue weighted by Gasteiger charge is -2.46. The van der Waals surface area contributed by atoms with Gasteiger partial charge < -0.3 is 14.9 Å². The highest BCUT2D eigenvalue weighted by molar-refractivity contribution is 7.16. The number of nitrogens with zero attached hydrogens (tertiary/aromatic N) is 4. The summed E-state index contributed by atoms with van der Waals surface area (Å²) in [6, 6.07) is 2.44. The van der Waals surface area contributed by atoms with Crippen LogP contribution in [0.4, 0.5) is 0 Å². The van der Waals surface area contributed by atoms with Crippen LogP contribution in [0.3, 0.4) is 0 Å². The van der Waals surface area contributed by atoms with E-state index in [-0.39, 0.29) is 12.1 Å². The monoisotopic (exact) mass is 440 g/mol. The molecule has 0 amide bonds. The van der Waals surface area contributed by atoms with Gasteiger partial charge in [-0.3, -0.25) is 4.90 Å². The number of rotatable bonds is 5. The van der Waals surface area contributed by atoms with Gasteiger partial charge in [0.1, 0.15) is 11.7 Å². The molecule has 2 aliphatic heterocycles. The Kier molecular flexibility index (Phi) is 5.78. The fourth-order valence-corrected chi connectivity index (χ4v) is 5.80. The molecule has 1 fully saturated rings. The smallest absolute Gasteiger partial charge is 0.105 e. The lowest BCUT2D eigenvalue weighted by atomic mass is 9.82. The van der Waals surface area contributed by atoms with E-state index in [4.69, 9.17) is 16.3 Å². The van der Waals surface area contributed by atoms with E-state index < -0.39 is 11.7 Å². The molecule has 160 valence electrons. The molecule has 2 aromatic heterocycles. The number of aliphatic hydroxyl groups excluding tert-OH is 1.